The molecule has 0 radical (unpaired) electrons. The van der Waals surface area contributed by atoms with Crippen LogP contribution in [-0.2, 0) is 11.8 Å². The van der Waals surface area contributed by atoms with Gasteiger partial charge in [0.05, 0.1) is 22.4 Å². The van der Waals surface area contributed by atoms with Crippen molar-refractivity contribution in [3.63, 3.8) is 0 Å². The second kappa shape index (κ2) is 8.91. The first-order chi connectivity index (χ1) is 15.6. The third-order valence-electron chi connectivity index (χ3n) is 7.17. The number of Topliss-reactive ketones (excluding diaryl/α,β-unsaturated/α-hetero) is 1. The predicted octanol–water partition coefficient (Wildman–Crippen LogP) is 3.54. The first-order valence-electron chi connectivity index (χ1n) is 11.0. The summed E-state index contributed by atoms with van der Waals surface area (Å²) in [6.45, 7) is 3.31. The van der Waals surface area contributed by atoms with Gasteiger partial charge in [0.1, 0.15) is 5.82 Å². The highest BCUT2D eigenvalue weighted by molar-refractivity contribution is 6.43. The quantitative estimate of drug-likeness (QED) is 0.455. The van der Waals surface area contributed by atoms with Crippen LogP contribution < -0.4 is 10.6 Å². The number of carbonyl (C=O) groups is 3. The number of aliphatic hydroxyl groups is 1. The highest BCUT2D eigenvalue weighted by atomic mass is 35.5. The van der Waals surface area contributed by atoms with Gasteiger partial charge in [-0.1, -0.05) is 11.6 Å². The highest BCUT2D eigenvalue weighted by Crippen LogP contribution is 2.45. The van der Waals surface area contributed by atoms with Crippen LogP contribution in [0.15, 0.2) is 18.2 Å². The van der Waals surface area contributed by atoms with E-state index >= 15 is 0 Å². The van der Waals surface area contributed by atoms with E-state index in [4.69, 9.17) is 11.6 Å². The molecule has 9 heteroatoms. The van der Waals surface area contributed by atoms with E-state index in [0.717, 1.165) is 25.3 Å². The molecule has 0 bridgehead atoms. The maximum atomic E-state index is 13.4. The monoisotopic (exact) mass is 475 g/mol. The van der Waals surface area contributed by atoms with E-state index in [-0.39, 0.29) is 34.3 Å². The van der Waals surface area contributed by atoms with Crippen LogP contribution in [0.2, 0.25) is 5.02 Å². The van der Waals surface area contributed by atoms with Gasteiger partial charge in [0.2, 0.25) is 0 Å². The standard InChI is InChI=1S/C24H27ClFN3O4/c1-11-20(23(32)27-14-5-7-18(26)17(25)9-14)12(2)29(3)21(11)22(31)24(33)28-19-8-13-4-6-15(30)10-16(13)19/h5,7,9,13,15-16,19,30H,4,6,8,10H2,1-3H3,(H,27,32)(H,28,33)/t13-,15+,16?,19?/m0/s1. The lowest BCUT2D eigenvalue weighted by molar-refractivity contribution is -0.120. The van der Waals surface area contributed by atoms with Crippen molar-refractivity contribution in [2.24, 2.45) is 18.9 Å². The summed E-state index contributed by atoms with van der Waals surface area (Å²) in [6.07, 6.45) is 2.84. The van der Waals surface area contributed by atoms with Crippen molar-refractivity contribution in [2.75, 3.05) is 5.32 Å². The summed E-state index contributed by atoms with van der Waals surface area (Å²) in [4.78, 5) is 38.7. The molecule has 7 nitrogen and oxygen atoms in total. The second-order valence-corrected chi connectivity index (χ2v) is 9.52. The average molecular weight is 476 g/mol. The SMILES string of the molecule is Cc1c(C(=O)Nc2ccc(F)c(Cl)c2)c(C)n(C)c1C(=O)C(=O)NC1C[C@@H]2CC[C@@H](O)CC12. The van der Waals surface area contributed by atoms with E-state index in [1.54, 1.807) is 20.9 Å². The van der Waals surface area contributed by atoms with E-state index < -0.39 is 23.4 Å². The number of carbonyl (C=O) groups excluding carboxylic acids is 3. The molecule has 1 aromatic heterocycles. The third kappa shape index (κ3) is 4.29. The first kappa shape index (κ1) is 23.4. The van der Waals surface area contributed by atoms with Crippen LogP contribution >= 0.6 is 11.6 Å². The van der Waals surface area contributed by atoms with Crippen molar-refractivity contribution >= 4 is 34.9 Å². The number of benzene rings is 1. The number of hydrogen-bond acceptors (Lipinski definition) is 4. The summed E-state index contributed by atoms with van der Waals surface area (Å²) in [5.41, 5.74) is 1.64. The van der Waals surface area contributed by atoms with Crippen LogP contribution in [0.1, 0.15) is 57.8 Å². The van der Waals surface area contributed by atoms with Crippen LogP contribution in [0.3, 0.4) is 0 Å². The number of nitrogens with zero attached hydrogens (tertiary/aromatic N) is 1. The highest BCUT2D eigenvalue weighted by Gasteiger charge is 2.45. The molecule has 2 aliphatic rings. The van der Waals surface area contributed by atoms with Crippen molar-refractivity contribution in [2.45, 2.75) is 51.7 Å². The number of aliphatic hydroxyl groups excluding tert-OH is 1. The number of aromatic nitrogens is 1. The Bertz CT molecular complexity index is 1150. The largest absolute Gasteiger partial charge is 0.393 e. The molecule has 4 rings (SSSR count). The van der Waals surface area contributed by atoms with Gasteiger partial charge in [0, 0.05) is 24.5 Å². The Labute approximate surface area is 196 Å². The molecule has 2 unspecified atom stereocenters. The van der Waals surface area contributed by atoms with Crippen LogP contribution in [0.5, 0.6) is 0 Å². The molecule has 2 amide bonds. The topological polar surface area (TPSA) is 100 Å². The van der Waals surface area contributed by atoms with Gasteiger partial charge in [-0.25, -0.2) is 4.39 Å². The second-order valence-electron chi connectivity index (χ2n) is 9.11. The smallest absolute Gasteiger partial charge is 0.294 e. The fourth-order valence-corrected chi connectivity index (χ4v) is 5.42. The van der Waals surface area contributed by atoms with Crippen molar-refractivity contribution in [1.29, 1.82) is 0 Å². The van der Waals surface area contributed by atoms with E-state index in [1.807, 2.05) is 0 Å². The number of fused-ring (bicyclic) bond motifs is 1. The lowest BCUT2D eigenvalue weighted by Crippen LogP contribution is -2.56. The zero-order valence-corrected chi connectivity index (χ0v) is 19.5. The maximum absolute atomic E-state index is 13.4. The molecule has 2 aromatic rings. The van der Waals surface area contributed by atoms with Crippen molar-refractivity contribution in [3.8, 4) is 0 Å². The summed E-state index contributed by atoms with van der Waals surface area (Å²) in [6, 6.07) is 3.73. The Morgan fingerprint density at radius 2 is 1.91 bits per heavy atom. The minimum Gasteiger partial charge on any atom is -0.393 e. The minimum atomic E-state index is -0.709. The predicted molar refractivity (Wildman–Crippen MR) is 122 cm³/mol. The molecule has 4 atom stereocenters. The number of nitrogens with one attached hydrogen (secondary N) is 2. The molecule has 1 heterocycles. The molecular formula is C24H27ClFN3O4. The molecule has 0 saturated heterocycles. The van der Waals surface area contributed by atoms with Crippen LogP contribution in [0, 0.1) is 31.5 Å². The molecule has 0 aliphatic heterocycles. The van der Waals surface area contributed by atoms with Crippen molar-refractivity contribution < 1.29 is 23.9 Å². The molecule has 0 spiro atoms. The Hall–Kier alpha value is -2.71. The zero-order valence-electron chi connectivity index (χ0n) is 18.7. The Morgan fingerprint density at radius 3 is 2.61 bits per heavy atom. The third-order valence-corrected chi connectivity index (χ3v) is 7.46. The molecule has 2 fully saturated rings. The number of ketones is 1. The molecule has 2 aliphatic carbocycles. The number of anilines is 1. The van der Waals surface area contributed by atoms with Gasteiger partial charge in [-0.15, -0.1) is 0 Å². The Morgan fingerprint density at radius 1 is 1.18 bits per heavy atom. The normalized spacial score (nSPS) is 23.9. The number of rotatable bonds is 5. The van der Waals surface area contributed by atoms with Gasteiger partial charge in [-0.05, 0) is 75.1 Å². The van der Waals surface area contributed by atoms with Crippen LogP contribution in [0.4, 0.5) is 10.1 Å². The maximum Gasteiger partial charge on any atom is 0.294 e. The van der Waals surface area contributed by atoms with E-state index in [1.165, 1.54) is 16.7 Å². The summed E-state index contributed by atoms with van der Waals surface area (Å²) in [7, 11) is 1.63. The van der Waals surface area contributed by atoms with Gasteiger partial charge in [-0.2, -0.15) is 0 Å². The molecule has 2 saturated carbocycles. The lowest BCUT2D eigenvalue weighted by atomic mass is 9.61. The minimum absolute atomic E-state index is 0.117. The molecule has 3 N–H and O–H groups in total. The summed E-state index contributed by atoms with van der Waals surface area (Å²) < 4.78 is 14.9. The summed E-state index contributed by atoms with van der Waals surface area (Å²) >= 11 is 5.79. The fourth-order valence-electron chi connectivity index (χ4n) is 5.24. The van der Waals surface area contributed by atoms with Gasteiger partial charge < -0.3 is 20.3 Å². The summed E-state index contributed by atoms with van der Waals surface area (Å²) in [5.74, 6) is -1.81. The van der Waals surface area contributed by atoms with Gasteiger partial charge in [0.25, 0.3) is 17.6 Å². The van der Waals surface area contributed by atoms with E-state index in [9.17, 15) is 23.9 Å². The molecule has 33 heavy (non-hydrogen) atoms. The van der Waals surface area contributed by atoms with Crippen LogP contribution in [0.25, 0.3) is 0 Å². The van der Waals surface area contributed by atoms with Crippen molar-refractivity contribution in [1.82, 2.24) is 9.88 Å². The van der Waals surface area contributed by atoms with E-state index in [0.29, 0.717) is 29.3 Å². The number of halogens is 2. The van der Waals surface area contributed by atoms with Crippen LogP contribution in [-0.4, -0.2) is 39.4 Å². The fraction of sp³-hybridized carbons (Fsp3) is 0.458. The number of hydrogen-bond donors (Lipinski definition) is 3. The Kier molecular flexibility index (Phi) is 6.33. The lowest BCUT2D eigenvalue weighted by Gasteiger charge is -2.49. The number of amides is 2. The first-order valence-corrected chi connectivity index (χ1v) is 11.4. The summed E-state index contributed by atoms with van der Waals surface area (Å²) in [5, 5.41) is 15.3. The zero-order chi connectivity index (χ0) is 24.0. The van der Waals surface area contributed by atoms with E-state index in [2.05, 4.69) is 10.6 Å². The Balaban J connectivity index is 1.50. The molecule has 176 valence electrons. The van der Waals surface area contributed by atoms with Crippen molar-refractivity contribution in [3.05, 3.63) is 51.6 Å². The molecular weight excluding hydrogens is 449 g/mol. The van der Waals surface area contributed by atoms with Gasteiger partial charge in [0.15, 0.2) is 0 Å². The average Bonchev–Trinajstić information content (AvgIpc) is 2.98. The van der Waals surface area contributed by atoms with Gasteiger partial charge >= 0.3 is 0 Å². The van der Waals surface area contributed by atoms with Gasteiger partial charge in [-0.3, -0.25) is 14.4 Å². The molecule has 1 aromatic carbocycles.